The number of thiophene rings is 1. The highest BCUT2D eigenvalue weighted by Gasteiger charge is 2.10. The van der Waals surface area contributed by atoms with Gasteiger partial charge in [-0.3, -0.25) is 4.79 Å². The van der Waals surface area contributed by atoms with Crippen LogP contribution in [0.3, 0.4) is 0 Å². The van der Waals surface area contributed by atoms with Crippen LogP contribution in [-0.2, 0) is 15.6 Å². The SMILES string of the molecule is CNC(=O)c1ccc(CS(C)(=O)=O)s1. The van der Waals surface area contributed by atoms with E-state index in [-0.39, 0.29) is 11.7 Å². The Kier molecular flexibility index (Phi) is 3.28. The van der Waals surface area contributed by atoms with Gasteiger partial charge in [0.1, 0.15) is 0 Å². The lowest BCUT2D eigenvalue weighted by Crippen LogP contribution is -2.15. The highest BCUT2D eigenvalue weighted by Crippen LogP contribution is 2.18. The summed E-state index contributed by atoms with van der Waals surface area (Å²) in [6.07, 6.45) is 1.17. The van der Waals surface area contributed by atoms with Gasteiger partial charge in [-0.15, -0.1) is 11.3 Å². The van der Waals surface area contributed by atoms with Gasteiger partial charge in [-0.1, -0.05) is 0 Å². The van der Waals surface area contributed by atoms with Crippen molar-refractivity contribution in [3.8, 4) is 0 Å². The van der Waals surface area contributed by atoms with E-state index >= 15 is 0 Å². The van der Waals surface area contributed by atoms with E-state index in [1.807, 2.05) is 0 Å². The van der Waals surface area contributed by atoms with Crippen LogP contribution in [0.25, 0.3) is 0 Å². The number of sulfone groups is 1. The summed E-state index contributed by atoms with van der Waals surface area (Å²) in [5.74, 6) is -0.191. The van der Waals surface area contributed by atoms with Crippen molar-refractivity contribution in [2.24, 2.45) is 0 Å². The van der Waals surface area contributed by atoms with Crippen molar-refractivity contribution in [1.29, 1.82) is 0 Å². The number of nitrogens with one attached hydrogen (secondary N) is 1. The molecule has 1 amide bonds. The Balaban J connectivity index is 2.84. The first-order valence-electron chi connectivity index (χ1n) is 3.91. The molecule has 1 aromatic rings. The largest absolute Gasteiger partial charge is 0.354 e. The molecule has 0 saturated heterocycles. The number of rotatable bonds is 3. The molecule has 0 bridgehead atoms. The summed E-state index contributed by atoms with van der Waals surface area (Å²) >= 11 is 1.20. The normalized spacial score (nSPS) is 11.3. The van der Waals surface area contributed by atoms with Crippen LogP contribution in [0.5, 0.6) is 0 Å². The van der Waals surface area contributed by atoms with Gasteiger partial charge in [-0.25, -0.2) is 8.42 Å². The molecule has 0 saturated carbocycles. The molecule has 1 heterocycles. The lowest BCUT2D eigenvalue weighted by molar-refractivity contribution is 0.0967. The van der Waals surface area contributed by atoms with Crippen molar-refractivity contribution in [3.05, 3.63) is 21.9 Å². The van der Waals surface area contributed by atoms with E-state index in [1.165, 1.54) is 24.6 Å². The summed E-state index contributed by atoms with van der Waals surface area (Å²) in [6.45, 7) is 0. The Labute approximate surface area is 86.9 Å². The molecule has 0 unspecified atom stereocenters. The molecule has 0 radical (unpaired) electrons. The predicted octanol–water partition coefficient (Wildman–Crippen LogP) is 0.652. The second-order valence-electron chi connectivity index (χ2n) is 2.92. The third-order valence-electron chi connectivity index (χ3n) is 1.52. The van der Waals surface area contributed by atoms with Gasteiger partial charge in [0.15, 0.2) is 9.84 Å². The lowest BCUT2D eigenvalue weighted by Gasteiger charge is -1.94. The van der Waals surface area contributed by atoms with Crippen molar-refractivity contribution in [1.82, 2.24) is 5.32 Å². The molecule has 0 aliphatic rings. The highest BCUT2D eigenvalue weighted by molar-refractivity contribution is 7.90. The van der Waals surface area contributed by atoms with Gasteiger partial charge in [-0.2, -0.15) is 0 Å². The van der Waals surface area contributed by atoms with Gasteiger partial charge in [0, 0.05) is 18.2 Å². The average molecular weight is 233 g/mol. The molecule has 14 heavy (non-hydrogen) atoms. The summed E-state index contributed by atoms with van der Waals surface area (Å²) < 4.78 is 21.9. The zero-order valence-electron chi connectivity index (χ0n) is 7.90. The molecule has 6 heteroatoms. The summed E-state index contributed by atoms with van der Waals surface area (Å²) in [5, 5.41) is 2.48. The Morgan fingerprint density at radius 1 is 1.50 bits per heavy atom. The molecule has 1 rings (SSSR count). The molecule has 0 aliphatic carbocycles. The van der Waals surface area contributed by atoms with Crippen molar-refractivity contribution in [2.45, 2.75) is 5.75 Å². The highest BCUT2D eigenvalue weighted by atomic mass is 32.2. The molecule has 0 aromatic carbocycles. The summed E-state index contributed by atoms with van der Waals surface area (Å²) in [6, 6.07) is 3.29. The average Bonchev–Trinajstić information content (AvgIpc) is 2.48. The third kappa shape index (κ3) is 3.12. The number of hydrogen-bond acceptors (Lipinski definition) is 4. The Morgan fingerprint density at radius 3 is 2.64 bits per heavy atom. The van der Waals surface area contributed by atoms with Gasteiger partial charge in [-0.05, 0) is 12.1 Å². The Hall–Kier alpha value is -0.880. The fourth-order valence-electron chi connectivity index (χ4n) is 0.959. The number of carbonyl (C=O) groups excluding carboxylic acids is 1. The monoisotopic (exact) mass is 233 g/mol. The zero-order valence-corrected chi connectivity index (χ0v) is 9.54. The minimum Gasteiger partial charge on any atom is -0.354 e. The van der Waals surface area contributed by atoms with Crippen LogP contribution >= 0.6 is 11.3 Å². The van der Waals surface area contributed by atoms with Crippen molar-refractivity contribution in [3.63, 3.8) is 0 Å². The second kappa shape index (κ2) is 4.10. The maximum absolute atomic E-state index is 11.1. The summed E-state index contributed by atoms with van der Waals surface area (Å²) in [7, 11) is -1.48. The van der Waals surface area contributed by atoms with Crippen molar-refractivity contribution < 1.29 is 13.2 Å². The summed E-state index contributed by atoms with van der Waals surface area (Å²) in [5.41, 5.74) is 0. The van der Waals surface area contributed by atoms with Gasteiger partial charge in [0.25, 0.3) is 5.91 Å². The van der Waals surface area contributed by atoms with Crippen molar-refractivity contribution >= 4 is 27.1 Å². The van der Waals surface area contributed by atoms with Crippen LogP contribution in [0.4, 0.5) is 0 Å². The molecule has 1 aromatic heterocycles. The number of amides is 1. The molecule has 78 valence electrons. The minimum atomic E-state index is -3.02. The predicted molar refractivity (Wildman–Crippen MR) is 56.3 cm³/mol. The molecule has 0 spiro atoms. The second-order valence-corrected chi connectivity index (χ2v) is 6.22. The van der Waals surface area contributed by atoms with Gasteiger partial charge >= 0.3 is 0 Å². The van der Waals surface area contributed by atoms with Crippen molar-refractivity contribution in [2.75, 3.05) is 13.3 Å². The Bertz CT molecular complexity index is 433. The van der Waals surface area contributed by atoms with E-state index in [1.54, 1.807) is 12.1 Å². The summed E-state index contributed by atoms with van der Waals surface area (Å²) in [4.78, 5) is 12.4. The number of carbonyl (C=O) groups is 1. The smallest absolute Gasteiger partial charge is 0.261 e. The Morgan fingerprint density at radius 2 is 2.14 bits per heavy atom. The van der Waals surface area contributed by atoms with Crippen LogP contribution in [0.1, 0.15) is 14.5 Å². The standard InChI is InChI=1S/C8H11NO3S2/c1-9-8(10)7-4-3-6(13-7)5-14(2,11)12/h3-4H,5H2,1-2H3,(H,9,10). The van der Waals surface area contributed by atoms with E-state index in [2.05, 4.69) is 5.32 Å². The molecular weight excluding hydrogens is 222 g/mol. The molecule has 0 atom stereocenters. The lowest BCUT2D eigenvalue weighted by atomic mass is 10.4. The topological polar surface area (TPSA) is 63.2 Å². The first kappa shape index (κ1) is 11.2. The maximum Gasteiger partial charge on any atom is 0.261 e. The van der Waals surface area contributed by atoms with E-state index in [4.69, 9.17) is 0 Å². The van der Waals surface area contributed by atoms with E-state index in [9.17, 15) is 13.2 Å². The van der Waals surface area contributed by atoms with Crippen LogP contribution in [0.2, 0.25) is 0 Å². The third-order valence-corrected chi connectivity index (χ3v) is 3.62. The molecule has 4 nitrogen and oxygen atoms in total. The fraction of sp³-hybridized carbons (Fsp3) is 0.375. The minimum absolute atomic E-state index is 0.00530. The molecule has 1 N–H and O–H groups in total. The van der Waals surface area contributed by atoms with Gasteiger partial charge in [0.05, 0.1) is 10.6 Å². The molecular formula is C8H11NO3S2. The zero-order chi connectivity index (χ0) is 10.8. The van der Waals surface area contributed by atoms with E-state index in [0.717, 1.165) is 0 Å². The van der Waals surface area contributed by atoms with E-state index < -0.39 is 9.84 Å². The van der Waals surface area contributed by atoms with Gasteiger partial charge in [0.2, 0.25) is 0 Å². The number of hydrogen-bond donors (Lipinski definition) is 1. The molecule has 0 aliphatic heterocycles. The van der Waals surface area contributed by atoms with E-state index in [0.29, 0.717) is 9.75 Å². The van der Waals surface area contributed by atoms with Crippen LogP contribution in [0.15, 0.2) is 12.1 Å². The fourth-order valence-corrected chi connectivity index (χ4v) is 3.20. The quantitative estimate of drug-likeness (QED) is 0.834. The van der Waals surface area contributed by atoms with Gasteiger partial charge < -0.3 is 5.32 Å². The van der Waals surface area contributed by atoms with Crippen LogP contribution < -0.4 is 5.32 Å². The maximum atomic E-state index is 11.1. The van der Waals surface area contributed by atoms with Crippen LogP contribution in [0, 0.1) is 0 Å². The first-order chi connectivity index (χ1) is 6.42. The van der Waals surface area contributed by atoms with Crippen LogP contribution in [-0.4, -0.2) is 27.6 Å². The molecule has 0 fully saturated rings. The first-order valence-corrected chi connectivity index (χ1v) is 6.78.